The molecule has 16 N–H and O–H groups in total. The van der Waals surface area contributed by atoms with Crippen LogP contribution >= 0.6 is 0 Å². The first kappa shape index (κ1) is 66.8. The number of anilines is 1. The number of aliphatic carboxylic acids is 3. The Bertz CT molecular complexity index is 2260. The molecule has 2 aromatic carbocycles. The fourth-order valence-corrected chi connectivity index (χ4v) is 8.25. The van der Waals surface area contributed by atoms with Gasteiger partial charge in [0.2, 0.25) is 23.6 Å². The maximum absolute atomic E-state index is 13.3. The van der Waals surface area contributed by atoms with Gasteiger partial charge in [0.15, 0.2) is 12.2 Å². The Morgan fingerprint density at radius 2 is 1.18 bits per heavy atom. The van der Waals surface area contributed by atoms with Gasteiger partial charge in [0.05, 0.1) is 32.1 Å². The third-order valence-corrected chi connectivity index (χ3v) is 12.7. The number of guanidine groups is 1. The van der Waals surface area contributed by atoms with Crippen molar-refractivity contribution in [3.8, 4) is 5.75 Å². The summed E-state index contributed by atoms with van der Waals surface area (Å²) in [6.07, 6.45) is 3.03. The summed E-state index contributed by atoms with van der Waals surface area (Å²) in [4.78, 5) is 121. The van der Waals surface area contributed by atoms with Crippen LogP contribution in [-0.2, 0) is 51.3 Å². The molecule has 0 bridgehead atoms. The molecule has 0 radical (unpaired) electrons. The van der Waals surface area contributed by atoms with Gasteiger partial charge < -0.3 is 73.9 Å². The molecular weight excluding hydrogens is 1040 g/mol. The van der Waals surface area contributed by atoms with Crippen LogP contribution in [0, 0.1) is 0 Å². The van der Waals surface area contributed by atoms with Crippen molar-refractivity contribution in [2.75, 3.05) is 117 Å². The van der Waals surface area contributed by atoms with E-state index in [2.05, 4.69) is 47.5 Å². The van der Waals surface area contributed by atoms with Crippen LogP contribution in [0.2, 0.25) is 0 Å². The average molecular weight is 1130 g/mol. The fraction of sp³-hybridized carbons (Fsp3) is 0.577. The molecule has 1 saturated heterocycles. The molecule has 3 rings (SSSR count). The van der Waals surface area contributed by atoms with Crippen LogP contribution in [0.25, 0.3) is 0 Å². The number of unbranched alkanes of at least 4 members (excludes halogenated alkanes) is 1. The second-order valence-corrected chi connectivity index (χ2v) is 19.1. The number of aliphatic imine (C=N–C) groups is 1. The molecule has 0 saturated carbocycles. The van der Waals surface area contributed by atoms with Crippen LogP contribution in [0.15, 0.2) is 53.5 Å². The Hall–Kier alpha value is -7.50. The molecule has 2 aromatic rings. The van der Waals surface area contributed by atoms with Crippen molar-refractivity contribution in [2.45, 2.75) is 83.1 Å². The Balaban J connectivity index is 1.40. The zero-order valence-electron chi connectivity index (χ0n) is 45.7. The van der Waals surface area contributed by atoms with Crippen molar-refractivity contribution in [1.29, 1.82) is 0 Å². The molecule has 1 unspecified atom stereocenters. The number of aldehydes is 1. The number of benzene rings is 2. The van der Waals surface area contributed by atoms with Crippen molar-refractivity contribution >= 4 is 65.5 Å². The summed E-state index contributed by atoms with van der Waals surface area (Å²) in [5, 5.41) is 61.0. The number of phenolic OH excluding ortho intramolecular Hbond substituents is 1. The van der Waals surface area contributed by atoms with Crippen molar-refractivity contribution in [3.05, 3.63) is 59.7 Å². The highest BCUT2D eigenvalue weighted by atomic mass is 16.4. The van der Waals surface area contributed by atoms with Crippen LogP contribution in [0.1, 0.15) is 63.0 Å². The van der Waals surface area contributed by atoms with Crippen LogP contribution in [0.4, 0.5) is 10.5 Å². The molecule has 3 atom stereocenters. The number of aromatic hydroxyl groups is 1. The number of amides is 6. The maximum Gasteiger partial charge on any atom is 0.344 e. The molecule has 444 valence electrons. The molecule has 28 heteroatoms. The number of hydrogen-bond acceptors (Lipinski definition) is 17. The summed E-state index contributed by atoms with van der Waals surface area (Å²) >= 11 is 0. The van der Waals surface area contributed by atoms with Gasteiger partial charge in [-0.25, -0.2) is 4.79 Å². The van der Waals surface area contributed by atoms with Crippen LogP contribution in [0.5, 0.6) is 5.75 Å². The molecule has 28 nitrogen and oxygen atoms in total. The quantitative estimate of drug-likeness (QED) is 0.0151. The van der Waals surface area contributed by atoms with Gasteiger partial charge in [-0.3, -0.25) is 58.5 Å². The number of carbonyl (C=O) groups is 9. The number of nitrogens with two attached hydrogens (primary N) is 2. The first-order valence-electron chi connectivity index (χ1n) is 26.9. The lowest BCUT2D eigenvalue weighted by Crippen LogP contribution is -2.54. The van der Waals surface area contributed by atoms with E-state index in [9.17, 15) is 63.6 Å². The van der Waals surface area contributed by atoms with Crippen molar-refractivity contribution in [2.24, 2.45) is 16.5 Å². The summed E-state index contributed by atoms with van der Waals surface area (Å²) in [6.45, 7) is 5.09. The Labute approximate surface area is 466 Å². The van der Waals surface area contributed by atoms with Gasteiger partial charge in [0, 0.05) is 104 Å². The standard InChI is InChI=1S/C52H83N15O13/c1-2-44(70)57-21-22-60-52(80)63-51(54)59-18-5-8-42(50(79)61-32-38-11-15-40(69)16-12-38)62-45(71)31-37-9-13-39(14-10-37)55-19-6-20-58-49(78)41(53)7-3-4-17-56-43(36-68)67-29-27-65(34-47(74)75)25-23-64(33-46(72)73)24-26-66(28-30-67)35-48(76)77/h9-16,36,41-43,55-56,69H,2-8,17-35,53H2,1H3,(H,57,70)(H,58,78)(H,61,79)(H,62,71)(H,72,73)(H,74,75)(H,76,77)(H4,54,59,60,63,80)/t41-,42-,43?/m1/s1. The number of rotatable bonds is 34. The molecule has 1 fully saturated rings. The predicted molar refractivity (Wildman–Crippen MR) is 297 cm³/mol. The third-order valence-electron chi connectivity index (χ3n) is 12.7. The third kappa shape index (κ3) is 29.5. The predicted octanol–water partition coefficient (Wildman–Crippen LogP) is -2.34. The normalized spacial score (nSPS) is 15.3. The lowest BCUT2D eigenvalue weighted by molar-refractivity contribution is -0.140. The average Bonchev–Trinajstić information content (AvgIpc) is 3.41. The molecule has 0 aromatic heterocycles. The van der Waals surface area contributed by atoms with Crippen LogP contribution in [-0.4, -0.2) is 229 Å². The first-order chi connectivity index (χ1) is 38.3. The minimum atomic E-state index is -1.05. The lowest BCUT2D eigenvalue weighted by atomic mass is 10.1. The van der Waals surface area contributed by atoms with E-state index in [0.717, 1.165) is 17.5 Å². The summed E-state index contributed by atoms with van der Waals surface area (Å²) < 4.78 is 0. The molecule has 1 heterocycles. The van der Waals surface area contributed by atoms with Crippen LogP contribution < -0.4 is 54.0 Å². The lowest BCUT2D eigenvalue weighted by Gasteiger charge is -2.35. The SMILES string of the molecule is CCC(=O)NCCNC(=O)/N=C(/N)NCCC[C@@H](NC(=O)Cc1ccc(NCCCNC(=O)[C@H](N)CCCCNC(C=O)N2CCN(CC(=O)O)CCN(CC(=O)O)CCN(CC(=O)O)CC2)cc1)C(=O)NCc1ccc(O)cc1. The number of nitrogens with one attached hydrogen (secondary N) is 8. The highest BCUT2D eigenvalue weighted by Crippen LogP contribution is 2.12. The number of carboxylic acid groups (broad SMARTS) is 3. The summed E-state index contributed by atoms with van der Waals surface area (Å²) in [5.74, 6) is -4.46. The van der Waals surface area contributed by atoms with E-state index in [1.165, 1.54) is 12.1 Å². The Morgan fingerprint density at radius 1 is 0.613 bits per heavy atom. The van der Waals surface area contributed by atoms with Gasteiger partial charge in [-0.2, -0.15) is 4.99 Å². The monoisotopic (exact) mass is 1130 g/mol. The van der Waals surface area contributed by atoms with E-state index >= 15 is 0 Å². The number of carbonyl (C=O) groups excluding carboxylic acids is 6. The molecule has 1 aliphatic rings. The van der Waals surface area contributed by atoms with Crippen molar-refractivity contribution in [3.63, 3.8) is 0 Å². The van der Waals surface area contributed by atoms with E-state index in [1.807, 2.05) is 17.0 Å². The molecule has 1 aliphatic heterocycles. The van der Waals surface area contributed by atoms with E-state index in [-0.39, 0.29) is 140 Å². The molecule has 0 aliphatic carbocycles. The Kier molecular flexibility index (Phi) is 31.9. The first-order valence-corrected chi connectivity index (χ1v) is 26.9. The minimum Gasteiger partial charge on any atom is -0.508 e. The van der Waals surface area contributed by atoms with Gasteiger partial charge in [-0.1, -0.05) is 37.6 Å². The van der Waals surface area contributed by atoms with Gasteiger partial charge in [0.1, 0.15) is 18.0 Å². The van der Waals surface area contributed by atoms with E-state index in [0.29, 0.717) is 63.7 Å². The van der Waals surface area contributed by atoms with Crippen molar-refractivity contribution < 1.29 is 63.6 Å². The summed E-state index contributed by atoms with van der Waals surface area (Å²) in [7, 11) is 0. The summed E-state index contributed by atoms with van der Waals surface area (Å²) in [5.41, 5.74) is 14.3. The zero-order valence-corrected chi connectivity index (χ0v) is 45.7. The number of nitrogens with zero attached hydrogens (tertiary/aromatic N) is 5. The van der Waals surface area contributed by atoms with Crippen LogP contribution in [0.3, 0.4) is 0 Å². The molecule has 0 spiro atoms. The van der Waals surface area contributed by atoms with E-state index in [1.54, 1.807) is 45.9 Å². The van der Waals surface area contributed by atoms with Crippen molar-refractivity contribution in [1.82, 2.24) is 56.8 Å². The topological polar surface area (TPSA) is 408 Å². The largest absolute Gasteiger partial charge is 0.508 e. The number of phenols is 1. The highest BCUT2D eigenvalue weighted by Gasteiger charge is 2.25. The number of hydrogen-bond donors (Lipinski definition) is 14. The second-order valence-electron chi connectivity index (χ2n) is 19.1. The summed E-state index contributed by atoms with van der Waals surface area (Å²) in [6, 6.07) is 11.2. The number of urea groups is 1. The highest BCUT2D eigenvalue weighted by molar-refractivity contribution is 5.91. The smallest absolute Gasteiger partial charge is 0.344 e. The molecule has 80 heavy (non-hydrogen) atoms. The fourth-order valence-electron chi connectivity index (χ4n) is 8.25. The minimum absolute atomic E-state index is 0.00896. The van der Waals surface area contributed by atoms with E-state index < -0.39 is 48.1 Å². The maximum atomic E-state index is 13.3. The van der Waals surface area contributed by atoms with Gasteiger partial charge in [-0.15, -0.1) is 0 Å². The van der Waals surface area contributed by atoms with Gasteiger partial charge in [-0.05, 0) is 74.0 Å². The Morgan fingerprint density at radius 3 is 1.75 bits per heavy atom. The van der Waals surface area contributed by atoms with Gasteiger partial charge >= 0.3 is 23.9 Å². The molecular formula is C52H83N15O13. The zero-order chi connectivity index (χ0) is 58.7. The van der Waals surface area contributed by atoms with E-state index in [4.69, 9.17) is 11.5 Å². The molecule has 6 amide bonds. The number of carboxylic acids is 3. The van der Waals surface area contributed by atoms with Gasteiger partial charge in [0.25, 0.3) is 0 Å². The second kappa shape index (κ2) is 38.2.